The molecule has 0 bridgehead atoms. The molecule has 0 fully saturated rings. The molecule has 0 unspecified atom stereocenters. The third-order valence-corrected chi connectivity index (χ3v) is 4.03. The summed E-state index contributed by atoms with van der Waals surface area (Å²) in [4.78, 5) is 18.8. The van der Waals surface area contributed by atoms with Gasteiger partial charge in [0.25, 0.3) is 0 Å². The molecule has 6 heteroatoms. The van der Waals surface area contributed by atoms with Crippen molar-refractivity contribution in [1.29, 1.82) is 0 Å². The van der Waals surface area contributed by atoms with Crippen LogP contribution >= 0.6 is 0 Å². The van der Waals surface area contributed by atoms with Gasteiger partial charge in [-0.05, 0) is 24.1 Å². The third-order valence-electron chi connectivity index (χ3n) is 4.03. The summed E-state index contributed by atoms with van der Waals surface area (Å²) >= 11 is 0. The van der Waals surface area contributed by atoms with E-state index in [0.717, 1.165) is 41.1 Å². The first-order valence-electron chi connectivity index (χ1n) is 8.18. The molecule has 2 aromatic heterocycles. The molecule has 0 aliphatic carbocycles. The number of H-pyrrole nitrogens is 1. The van der Waals surface area contributed by atoms with Gasteiger partial charge in [-0.25, -0.2) is 9.98 Å². The van der Waals surface area contributed by atoms with Gasteiger partial charge in [-0.15, -0.1) is 0 Å². The monoisotopic (exact) mass is 320 g/mol. The van der Waals surface area contributed by atoms with Gasteiger partial charge >= 0.3 is 0 Å². The second-order valence-electron chi connectivity index (χ2n) is 6.38. The average Bonchev–Trinajstić information content (AvgIpc) is 3.02. The molecule has 0 atom stereocenters. The van der Waals surface area contributed by atoms with Crippen LogP contribution in [0.3, 0.4) is 0 Å². The predicted octanol–water partition coefficient (Wildman–Crippen LogP) is 3.16. The van der Waals surface area contributed by atoms with E-state index in [0.29, 0.717) is 11.9 Å². The van der Waals surface area contributed by atoms with Crippen molar-refractivity contribution in [3.8, 4) is 0 Å². The van der Waals surface area contributed by atoms with Crippen molar-refractivity contribution in [2.45, 2.75) is 13.8 Å². The number of nitrogens with one attached hydrogen (secondary N) is 2. The average molecular weight is 320 g/mol. The number of hydrogen-bond donors (Lipinski definition) is 2. The van der Waals surface area contributed by atoms with E-state index in [1.165, 1.54) is 0 Å². The van der Waals surface area contributed by atoms with Crippen LogP contribution in [0.15, 0.2) is 48.0 Å². The van der Waals surface area contributed by atoms with Crippen LogP contribution in [0.2, 0.25) is 0 Å². The molecule has 0 spiro atoms. The quantitative estimate of drug-likeness (QED) is 0.908. The van der Waals surface area contributed by atoms with Gasteiger partial charge in [0.05, 0.1) is 0 Å². The molecule has 4 heterocycles. The summed E-state index contributed by atoms with van der Waals surface area (Å²) in [6.45, 7) is 6.02. The maximum Gasteiger partial charge on any atom is 0.224 e. The molecule has 0 saturated heterocycles. The normalized spacial score (nSPS) is 16.4. The summed E-state index contributed by atoms with van der Waals surface area (Å²) in [5.41, 5.74) is 3.07. The summed E-state index contributed by atoms with van der Waals surface area (Å²) in [6, 6.07) is 0. The standard InChI is InChI=1S/C18H20N6/c1-12(2)8-21-18-22-10-15-14(9-20-17(15)23-18)13-4-5-16-19-6-3-7-24(16)11-13/h3-6,9-12H,7-8H2,1-2H3,(H2,20,21,22,23). The lowest BCUT2D eigenvalue weighted by Gasteiger charge is -2.25. The molecular weight excluding hydrogens is 300 g/mol. The summed E-state index contributed by atoms with van der Waals surface area (Å²) in [5.74, 6) is 2.18. The number of fused-ring (bicyclic) bond motifs is 2. The van der Waals surface area contributed by atoms with Gasteiger partial charge in [-0.2, -0.15) is 4.98 Å². The Labute approximate surface area is 140 Å². The number of aliphatic imine (C=N–C) groups is 1. The van der Waals surface area contributed by atoms with E-state index in [2.05, 4.69) is 56.3 Å². The number of aromatic amines is 1. The van der Waals surface area contributed by atoms with E-state index in [9.17, 15) is 0 Å². The number of rotatable bonds is 4. The first-order valence-corrected chi connectivity index (χ1v) is 8.18. The molecule has 2 aromatic rings. The van der Waals surface area contributed by atoms with Crippen molar-refractivity contribution in [2.75, 3.05) is 18.4 Å². The minimum atomic E-state index is 0.551. The van der Waals surface area contributed by atoms with E-state index < -0.39 is 0 Å². The second kappa shape index (κ2) is 5.96. The summed E-state index contributed by atoms with van der Waals surface area (Å²) < 4.78 is 0. The van der Waals surface area contributed by atoms with E-state index in [-0.39, 0.29) is 0 Å². The number of allylic oxidation sites excluding steroid dienone is 2. The number of amidine groups is 1. The van der Waals surface area contributed by atoms with E-state index in [4.69, 9.17) is 0 Å². The lowest BCUT2D eigenvalue weighted by molar-refractivity contribution is 0.616. The lowest BCUT2D eigenvalue weighted by Crippen LogP contribution is -2.28. The van der Waals surface area contributed by atoms with Crippen molar-refractivity contribution >= 4 is 28.4 Å². The smallest absolute Gasteiger partial charge is 0.224 e. The van der Waals surface area contributed by atoms with E-state index >= 15 is 0 Å². The van der Waals surface area contributed by atoms with Gasteiger partial charge < -0.3 is 15.2 Å². The third kappa shape index (κ3) is 2.71. The van der Waals surface area contributed by atoms with Crippen LogP contribution < -0.4 is 5.32 Å². The Morgan fingerprint density at radius 3 is 3.12 bits per heavy atom. The maximum absolute atomic E-state index is 4.57. The van der Waals surface area contributed by atoms with Crippen molar-refractivity contribution in [1.82, 2.24) is 19.9 Å². The summed E-state index contributed by atoms with van der Waals surface area (Å²) in [6.07, 6.45) is 14.0. The SMILES string of the molecule is CC(C)CNc1ncc2c(C3=CN4CC=CN=C4C=C3)c[nH]c2n1. The molecule has 122 valence electrons. The van der Waals surface area contributed by atoms with Crippen molar-refractivity contribution in [3.63, 3.8) is 0 Å². The summed E-state index contributed by atoms with van der Waals surface area (Å²) in [5, 5.41) is 4.28. The van der Waals surface area contributed by atoms with Gasteiger partial charge in [0.15, 0.2) is 0 Å². The first kappa shape index (κ1) is 14.7. The van der Waals surface area contributed by atoms with Crippen LogP contribution in [-0.4, -0.2) is 38.8 Å². The van der Waals surface area contributed by atoms with Crippen LogP contribution in [0.25, 0.3) is 16.6 Å². The zero-order chi connectivity index (χ0) is 16.5. The summed E-state index contributed by atoms with van der Waals surface area (Å²) in [7, 11) is 0. The molecule has 2 aliphatic heterocycles. The largest absolute Gasteiger partial charge is 0.354 e. The number of nitrogens with zero attached hydrogens (tertiary/aromatic N) is 4. The first-order chi connectivity index (χ1) is 11.7. The molecule has 2 N–H and O–H groups in total. The Kier molecular flexibility index (Phi) is 3.65. The predicted molar refractivity (Wildman–Crippen MR) is 97.6 cm³/mol. The highest BCUT2D eigenvalue weighted by Gasteiger charge is 2.16. The second-order valence-corrected chi connectivity index (χ2v) is 6.38. The Morgan fingerprint density at radius 1 is 1.33 bits per heavy atom. The van der Waals surface area contributed by atoms with Crippen molar-refractivity contribution in [3.05, 3.63) is 48.6 Å². The van der Waals surface area contributed by atoms with Crippen molar-refractivity contribution < 1.29 is 0 Å². The molecule has 0 aromatic carbocycles. The molecule has 2 aliphatic rings. The van der Waals surface area contributed by atoms with Gasteiger partial charge in [0, 0.05) is 54.4 Å². The molecule has 6 nitrogen and oxygen atoms in total. The molecular formula is C18H20N6. The maximum atomic E-state index is 4.57. The highest BCUT2D eigenvalue weighted by molar-refractivity contribution is 6.03. The Morgan fingerprint density at radius 2 is 2.25 bits per heavy atom. The van der Waals surface area contributed by atoms with Gasteiger partial charge in [0.2, 0.25) is 5.95 Å². The van der Waals surface area contributed by atoms with Crippen LogP contribution in [0.4, 0.5) is 5.95 Å². The van der Waals surface area contributed by atoms with E-state index in [1.807, 2.05) is 30.7 Å². The number of anilines is 1. The Bertz CT molecular complexity index is 884. The van der Waals surface area contributed by atoms with Gasteiger partial charge in [0.1, 0.15) is 11.5 Å². The lowest BCUT2D eigenvalue weighted by atomic mass is 10.0. The van der Waals surface area contributed by atoms with Gasteiger partial charge in [-0.1, -0.05) is 13.8 Å². The molecule has 0 saturated carbocycles. The van der Waals surface area contributed by atoms with Crippen LogP contribution in [-0.2, 0) is 0 Å². The number of hydrogen-bond acceptors (Lipinski definition) is 5. The minimum Gasteiger partial charge on any atom is -0.354 e. The topological polar surface area (TPSA) is 69.2 Å². The van der Waals surface area contributed by atoms with Crippen LogP contribution in [0.1, 0.15) is 19.4 Å². The highest BCUT2D eigenvalue weighted by Crippen LogP contribution is 2.28. The molecule has 24 heavy (non-hydrogen) atoms. The molecule has 0 radical (unpaired) electrons. The molecule has 4 rings (SSSR count). The van der Waals surface area contributed by atoms with Crippen LogP contribution in [0, 0.1) is 5.92 Å². The van der Waals surface area contributed by atoms with Crippen LogP contribution in [0.5, 0.6) is 0 Å². The fourth-order valence-corrected chi connectivity index (χ4v) is 2.78. The fourth-order valence-electron chi connectivity index (χ4n) is 2.78. The van der Waals surface area contributed by atoms with Crippen molar-refractivity contribution in [2.24, 2.45) is 10.9 Å². The Hall–Kier alpha value is -2.89. The highest BCUT2D eigenvalue weighted by atomic mass is 15.2. The zero-order valence-electron chi connectivity index (χ0n) is 13.8. The van der Waals surface area contributed by atoms with Gasteiger partial charge in [-0.3, -0.25) is 0 Å². The fraction of sp³-hybridized carbons (Fsp3) is 0.278. The Balaban J connectivity index is 1.64. The molecule has 0 amide bonds. The zero-order valence-corrected chi connectivity index (χ0v) is 13.8. The minimum absolute atomic E-state index is 0.551. The van der Waals surface area contributed by atoms with E-state index in [1.54, 1.807) is 0 Å². The number of aromatic nitrogens is 3.